The van der Waals surface area contributed by atoms with Crippen molar-refractivity contribution in [3.05, 3.63) is 51.7 Å². The molecule has 1 N–H and O–H groups in total. The molecule has 0 spiro atoms. The molecule has 47 heavy (non-hydrogen) atoms. The summed E-state index contributed by atoms with van der Waals surface area (Å²) in [6.07, 6.45) is 3.88. The van der Waals surface area contributed by atoms with Crippen LogP contribution in [0, 0.1) is 5.92 Å². The van der Waals surface area contributed by atoms with Crippen molar-refractivity contribution >= 4 is 28.9 Å². The van der Waals surface area contributed by atoms with Crippen LogP contribution in [0.4, 0.5) is 19.0 Å². The lowest BCUT2D eigenvalue weighted by Gasteiger charge is -2.30. The van der Waals surface area contributed by atoms with Gasteiger partial charge in [-0.05, 0) is 63.3 Å². The largest absolute Gasteiger partial charge is 0.493 e. The average Bonchev–Trinajstić information content (AvgIpc) is 3.67. The van der Waals surface area contributed by atoms with Gasteiger partial charge in [-0.15, -0.1) is 11.3 Å². The molecule has 3 aromatic rings. The number of carbonyl (C=O) groups is 2. The van der Waals surface area contributed by atoms with Crippen LogP contribution in [0.3, 0.4) is 0 Å². The van der Waals surface area contributed by atoms with E-state index in [9.17, 15) is 27.9 Å². The Hall–Kier alpha value is -3.58. The zero-order valence-corrected chi connectivity index (χ0v) is 27.0. The third kappa shape index (κ3) is 8.86. The van der Waals surface area contributed by atoms with E-state index < -0.39 is 17.7 Å². The Labute approximate surface area is 278 Å². The van der Waals surface area contributed by atoms with Crippen LogP contribution in [-0.4, -0.2) is 69.0 Å². The molecule has 2 aromatic heterocycles. The first-order valence-electron chi connectivity index (χ1n) is 16.0. The first-order chi connectivity index (χ1) is 22.1. The van der Waals surface area contributed by atoms with Gasteiger partial charge in [0.25, 0.3) is 0 Å². The van der Waals surface area contributed by atoms with Gasteiger partial charge in [0.2, 0.25) is 0 Å². The van der Waals surface area contributed by atoms with Crippen molar-refractivity contribution in [2.45, 2.75) is 91.4 Å². The Balaban J connectivity index is 0.00000500. The van der Waals surface area contributed by atoms with Crippen LogP contribution in [0.5, 0.6) is 5.75 Å². The highest BCUT2D eigenvalue weighted by Gasteiger charge is 2.35. The summed E-state index contributed by atoms with van der Waals surface area (Å²) in [4.78, 5) is 43.1. The van der Waals surface area contributed by atoms with Gasteiger partial charge < -0.3 is 14.7 Å². The van der Waals surface area contributed by atoms with Gasteiger partial charge in [-0.2, -0.15) is 13.2 Å². The second-order valence-corrected chi connectivity index (χ2v) is 13.1. The molecule has 5 rings (SSSR count). The molecule has 0 aliphatic carbocycles. The average molecular weight is 676 g/mol. The molecular formula is C34H44F3N5O4S. The van der Waals surface area contributed by atoms with E-state index in [0.717, 1.165) is 43.2 Å². The smallest absolute Gasteiger partial charge is 0.419 e. The van der Waals surface area contributed by atoms with E-state index >= 15 is 0 Å². The number of benzene rings is 1. The van der Waals surface area contributed by atoms with E-state index in [-0.39, 0.29) is 43.6 Å². The molecule has 1 atom stereocenters. The summed E-state index contributed by atoms with van der Waals surface area (Å²) in [6, 6.07) is 4.49. The fourth-order valence-electron chi connectivity index (χ4n) is 6.12. The summed E-state index contributed by atoms with van der Waals surface area (Å²) >= 11 is 1.35. The van der Waals surface area contributed by atoms with Crippen LogP contribution in [0.15, 0.2) is 30.6 Å². The van der Waals surface area contributed by atoms with Crippen LogP contribution in [0.25, 0.3) is 11.3 Å². The minimum Gasteiger partial charge on any atom is -0.493 e. The minimum absolute atomic E-state index is 0. The van der Waals surface area contributed by atoms with Gasteiger partial charge in [-0.3, -0.25) is 14.5 Å². The van der Waals surface area contributed by atoms with Crippen LogP contribution < -0.4 is 9.64 Å². The Bertz CT molecular complexity index is 1510. The maximum atomic E-state index is 14.1. The lowest BCUT2D eigenvalue weighted by molar-refractivity contribution is -0.142. The van der Waals surface area contributed by atoms with E-state index in [1.807, 2.05) is 11.8 Å². The highest BCUT2D eigenvalue weighted by Crippen LogP contribution is 2.41. The maximum Gasteiger partial charge on any atom is 0.419 e. The number of carboxylic acids is 1. The van der Waals surface area contributed by atoms with Crippen molar-refractivity contribution in [1.29, 1.82) is 0 Å². The third-order valence-electron chi connectivity index (χ3n) is 8.78. The van der Waals surface area contributed by atoms with Gasteiger partial charge in [0.05, 0.1) is 42.6 Å². The molecule has 0 bridgehead atoms. The second kappa shape index (κ2) is 16.0. The van der Waals surface area contributed by atoms with Crippen molar-refractivity contribution in [2.24, 2.45) is 5.92 Å². The summed E-state index contributed by atoms with van der Waals surface area (Å²) < 4.78 is 47.9. The van der Waals surface area contributed by atoms with Crippen molar-refractivity contribution in [2.75, 3.05) is 31.1 Å². The topological polar surface area (TPSA) is 109 Å². The number of alkyl halides is 3. The molecule has 0 unspecified atom stereocenters. The summed E-state index contributed by atoms with van der Waals surface area (Å²) in [5.74, 6) is -1.07. The zero-order valence-electron chi connectivity index (χ0n) is 26.2. The molecule has 256 valence electrons. The third-order valence-corrected chi connectivity index (χ3v) is 9.82. The number of halogens is 3. The van der Waals surface area contributed by atoms with Crippen LogP contribution in [0.2, 0.25) is 0 Å². The number of hydrogen-bond donors (Lipinski definition) is 1. The Morgan fingerprint density at radius 1 is 1.09 bits per heavy atom. The Morgan fingerprint density at radius 2 is 1.85 bits per heavy atom. The fourth-order valence-corrected chi connectivity index (χ4v) is 7.24. The highest BCUT2D eigenvalue weighted by atomic mass is 32.1. The number of ketones is 1. The quantitative estimate of drug-likeness (QED) is 0.145. The van der Waals surface area contributed by atoms with Crippen molar-refractivity contribution in [1.82, 2.24) is 19.9 Å². The van der Waals surface area contributed by atoms with Crippen molar-refractivity contribution < 1.29 is 32.6 Å². The predicted octanol–water partition coefficient (Wildman–Crippen LogP) is 7.53. The van der Waals surface area contributed by atoms with Crippen LogP contribution in [-0.2, 0) is 23.9 Å². The molecule has 1 aromatic carbocycles. The first kappa shape index (κ1) is 36.3. The summed E-state index contributed by atoms with van der Waals surface area (Å²) in [6.45, 7) is 6.82. The number of hydrogen-bond acceptors (Lipinski definition) is 9. The second-order valence-electron chi connectivity index (χ2n) is 11.9. The first-order valence-corrected chi connectivity index (χ1v) is 16.8. The number of piperidine rings is 1. The molecule has 0 radical (unpaired) electrons. The molecule has 13 heteroatoms. The van der Waals surface area contributed by atoms with Gasteiger partial charge in [-0.25, -0.2) is 15.0 Å². The molecule has 0 saturated carbocycles. The number of unbranched alkanes of at least 4 members (excludes halogenated alkanes) is 1. The SMILES string of the molecule is C.CCCCOc1ccc(-c2nc(CC(=O)c3cnc(N4CCC(C(=O)O)CC4)cn3)sc2CN2CCC[C@H]2CC)cc1C(F)(F)F. The number of carbonyl (C=O) groups excluding carboxylic acids is 1. The van der Waals surface area contributed by atoms with Gasteiger partial charge >= 0.3 is 12.1 Å². The molecule has 2 aliphatic heterocycles. The van der Waals surface area contributed by atoms with Gasteiger partial charge in [0, 0.05) is 36.1 Å². The van der Waals surface area contributed by atoms with Crippen LogP contribution >= 0.6 is 11.3 Å². The predicted molar refractivity (Wildman–Crippen MR) is 176 cm³/mol. The Morgan fingerprint density at radius 3 is 2.49 bits per heavy atom. The number of aromatic nitrogens is 3. The molecule has 2 aliphatic rings. The number of thiazole rings is 1. The highest BCUT2D eigenvalue weighted by molar-refractivity contribution is 7.12. The van der Waals surface area contributed by atoms with E-state index in [4.69, 9.17) is 9.72 Å². The number of aliphatic carboxylic acids is 1. The van der Waals surface area contributed by atoms with E-state index in [1.54, 1.807) is 6.07 Å². The van der Waals surface area contributed by atoms with Gasteiger partial charge in [0.15, 0.2) is 5.78 Å². The van der Waals surface area contributed by atoms with Gasteiger partial charge in [-0.1, -0.05) is 27.7 Å². The van der Waals surface area contributed by atoms with E-state index in [0.29, 0.717) is 67.0 Å². The van der Waals surface area contributed by atoms with E-state index in [1.165, 1.54) is 29.8 Å². The van der Waals surface area contributed by atoms with Gasteiger partial charge in [0.1, 0.15) is 22.3 Å². The molecule has 2 saturated heterocycles. The number of anilines is 1. The molecular weight excluding hydrogens is 631 g/mol. The number of likely N-dealkylation sites (tertiary alicyclic amines) is 1. The molecule has 4 heterocycles. The van der Waals surface area contributed by atoms with E-state index in [2.05, 4.69) is 21.8 Å². The summed E-state index contributed by atoms with van der Waals surface area (Å²) in [5, 5.41) is 9.74. The van der Waals surface area contributed by atoms with Crippen molar-refractivity contribution in [3.63, 3.8) is 0 Å². The number of carboxylic acid groups (broad SMARTS) is 1. The van der Waals surface area contributed by atoms with Crippen LogP contribution in [0.1, 0.15) is 92.2 Å². The zero-order chi connectivity index (χ0) is 32.8. The number of rotatable bonds is 13. The summed E-state index contributed by atoms with van der Waals surface area (Å²) in [7, 11) is 0. The molecule has 0 amide bonds. The normalized spacial score (nSPS) is 17.5. The molecule has 2 fully saturated rings. The fraction of sp³-hybridized carbons (Fsp3) is 0.559. The number of nitrogens with zero attached hydrogens (tertiary/aromatic N) is 5. The minimum atomic E-state index is -4.61. The lowest BCUT2D eigenvalue weighted by atomic mass is 9.97. The monoisotopic (exact) mass is 675 g/mol. The lowest BCUT2D eigenvalue weighted by Crippen LogP contribution is -2.36. The maximum absolute atomic E-state index is 14.1. The van der Waals surface area contributed by atoms with Crippen molar-refractivity contribution in [3.8, 4) is 17.0 Å². The Kier molecular flexibility index (Phi) is 12.4. The standard InChI is InChI=1S/C33H40F3N5O4S.CH4/c1-3-5-15-45-27-9-8-22(16-24(27)33(34,35)36)31-28(20-41-12-6-7-23(41)4-2)46-30(39-31)17-26(42)25-18-38-29(19-37-25)40-13-10-21(11-14-40)32(43)44;/h8-9,16,18-19,21,23H,3-7,10-15,17,20H2,1-2H3,(H,43,44);1H4/t23-;/m1./s1. The number of Topliss-reactive ketones (excluding diaryl/α,β-unsaturated/α-hetero) is 1. The number of ether oxygens (including phenoxy) is 1. The summed E-state index contributed by atoms with van der Waals surface area (Å²) in [5.41, 5.74) is 0.114. The molecule has 9 nitrogen and oxygen atoms in total.